The van der Waals surface area contributed by atoms with Gasteiger partial charge in [0.1, 0.15) is 6.26 Å². The van der Waals surface area contributed by atoms with Crippen LogP contribution in [-0.2, 0) is 0 Å². The number of likely N-dealkylation sites (tertiary alicyclic amines) is 1. The molecule has 0 aliphatic carbocycles. The molecule has 1 fully saturated rings. The molecule has 1 aromatic carbocycles. The fourth-order valence-corrected chi connectivity index (χ4v) is 3.16. The highest BCUT2D eigenvalue weighted by molar-refractivity contribution is 6.42. The molecule has 5 nitrogen and oxygen atoms in total. The molecule has 0 bridgehead atoms. The Bertz CT molecular complexity index is 739. The summed E-state index contributed by atoms with van der Waals surface area (Å²) in [5, 5.41) is 0.883. The van der Waals surface area contributed by atoms with Crippen LogP contribution in [0.3, 0.4) is 0 Å². The van der Waals surface area contributed by atoms with Gasteiger partial charge in [-0.2, -0.15) is 0 Å². The lowest BCUT2D eigenvalue weighted by Gasteiger charge is -2.34. The van der Waals surface area contributed by atoms with Gasteiger partial charge in [-0.15, -0.1) is 0 Å². The van der Waals surface area contributed by atoms with Crippen molar-refractivity contribution in [2.24, 2.45) is 0 Å². The van der Waals surface area contributed by atoms with E-state index in [0.717, 1.165) is 25.9 Å². The zero-order valence-electron chi connectivity index (χ0n) is 13.6. The van der Waals surface area contributed by atoms with Crippen molar-refractivity contribution in [3.63, 3.8) is 0 Å². The van der Waals surface area contributed by atoms with Crippen LogP contribution in [0.5, 0.6) is 0 Å². The first kappa shape index (κ1) is 17.3. The predicted octanol–water partition coefficient (Wildman–Crippen LogP) is 3.81. The Labute approximate surface area is 151 Å². The van der Waals surface area contributed by atoms with Gasteiger partial charge in [0.15, 0.2) is 5.69 Å². The molecule has 2 heterocycles. The van der Waals surface area contributed by atoms with Gasteiger partial charge >= 0.3 is 0 Å². The summed E-state index contributed by atoms with van der Waals surface area (Å²) < 4.78 is 5.45. The highest BCUT2D eigenvalue weighted by Gasteiger charge is 2.26. The van der Waals surface area contributed by atoms with E-state index in [-0.39, 0.29) is 11.9 Å². The van der Waals surface area contributed by atoms with Crippen LogP contribution in [0, 0.1) is 0 Å². The molecule has 1 aliphatic heterocycles. The molecule has 1 saturated heterocycles. The summed E-state index contributed by atoms with van der Waals surface area (Å²) >= 11 is 11.9. The van der Waals surface area contributed by atoms with Gasteiger partial charge in [-0.05, 0) is 51.2 Å². The first-order valence-electron chi connectivity index (χ1n) is 7.82. The third-order valence-electron chi connectivity index (χ3n) is 4.45. The van der Waals surface area contributed by atoms with E-state index in [1.165, 1.54) is 6.26 Å². The zero-order chi connectivity index (χ0) is 17.3. The number of carbonyl (C=O) groups is 1. The Morgan fingerprint density at radius 1 is 1.29 bits per heavy atom. The lowest BCUT2D eigenvalue weighted by molar-refractivity contribution is 0.0654. The second-order valence-corrected chi connectivity index (χ2v) is 6.93. The van der Waals surface area contributed by atoms with E-state index < -0.39 is 0 Å². The first-order valence-corrected chi connectivity index (χ1v) is 8.58. The molecule has 3 rings (SSSR count). The van der Waals surface area contributed by atoms with E-state index in [1.807, 2.05) is 7.05 Å². The summed E-state index contributed by atoms with van der Waals surface area (Å²) in [7, 11) is 3.92. The van der Waals surface area contributed by atoms with E-state index in [9.17, 15) is 4.79 Å². The minimum Gasteiger partial charge on any atom is -0.444 e. The van der Waals surface area contributed by atoms with Crippen LogP contribution >= 0.6 is 23.2 Å². The van der Waals surface area contributed by atoms with Crippen LogP contribution in [0.1, 0.15) is 23.3 Å². The molecular formula is C17H19Cl2N3O2. The topological polar surface area (TPSA) is 49.6 Å². The normalized spacial score (nSPS) is 16.3. The van der Waals surface area contributed by atoms with Gasteiger partial charge in [-0.1, -0.05) is 23.2 Å². The lowest BCUT2D eigenvalue weighted by Crippen LogP contribution is -2.44. The van der Waals surface area contributed by atoms with Gasteiger partial charge in [0.25, 0.3) is 5.91 Å². The number of amides is 1. The van der Waals surface area contributed by atoms with E-state index in [4.69, 9.17) is 27.6 Å². The lowest BCUT2D eigenvalue weighted by atomic mass is 10.0. The molecule has 128 valence electrons. The number of benzene rings is 1. The quantitative estimate of drug-likeness (QED) is 0.827. The van der Waals surface area contributed by atoms with Crippen molar-refractivity contribution in [3.05, 3.63) is 40.2 Å². The first-order chi connectivity index (χ1) is 11.5. The maximum atomic E-state index is 12.6. The number of aromatic nitrogens is 1. The zero-order valence-corrected chi connectivity index (χ0v) is 15.1. The number of halogens is 2. The van der Waals surface area contributed by atoms with Crippen LogP contribution in [0.15, 0.2) is 28.9 Å². The summed E-state index contributed by atoms with van der Waals surface area (Å²) in [6, 6.07) is 5.34. The minimum absolute atomic E-state index is 0.125. The van der Waals surface area contributed by atoms with Crippen molar-refractivity contribution in [3.8, 4) is 11.5 Å². The summed E-state index contributed by atoms with van der Waals surface area (Å²) in [4.78, 5) is 21.0. The van der Waals surface area contributed by atoms with Crippen molar-refractivity contribution in [2.45, 2.75) is 18.9 Å². The Hall–Kier alpha value is -1.56. The molecule has 0 N–H and O–H groups in total. The van der Waals surface area contributed by atoms with E-state index in [1.54, 1.807) is 23.1 Å². The molecule has 0 radical (unpaired) electrons. The predicted molar refractivity (Wildman–Crippen MR) is 94.6 cm³/mol. The van der Waals surface area contributed by atoms with Crippen LogP contribution in [0.4, 0.5) is 0 Å². The second-order valence-electron chi connectivity index (χ2n) is 6.12. The van der Waals surface area contributed by atoms with Crippen molar-refractivity contribution in [1.29, 1.82) is 0 Å². The highest BCUT2D eigenvalue weighted by atomic mass is 35.5. The number of nitrogens with zero attached hydrogens (tertiary/aromatic N) is 3. The maximum Gasteiger partial charge on any atom is 0.275 e. The van der Waals surface area contributed by atoms with Crippen molar-refractivity contribution >= 4 is 29.1 Å². The molecular weight excluding hydrogens is 349 g/mol. The summed E-state index contributed by atoms with van der Waals surface area (Å²) in [5.74, 6) is 0.230. The number of hydrogen-bond acceptors (Lipinski definition) is 4. The molecule has 2 aromatic rings. The molecule has 0 atom stereocenters. The molecule has 1 aromatic heterocycles. The summed E-state index contributed by atoms with van der Waals surface area (Å²) in [5.41, 5.74) is 0.989. The molecule has 0 saturated carbocycles. The third kappa shape index (κ3) is 3.58. The fraction of sp³-hybridized carbons (Fsp3) is 0.412. The molecule has 0 spiro atoms. The number of hydrogen-bond donors (Lipinski definition) is 0. The van der Waals surface area contributed by atoms with Gasteiger partial charge < -0.3 is 14.2 Å². The molecule has 7 heteroatoms. The van der Waals surface area contributed by atoms with Crippen LogP contribution < -0.4 is 0 Å². The Kier molecular flexibility index (Phi) is 5.13. The van der Waals surface area contributed by atoms with E-state index >= 15 is 0 Å². The Balaban J connectivity index is 1.74. The average Bonchev–Trinajstić information content (AvgIpc) is 3.07. The third-order valence-corrected chi connectivity index (χ3v) is 5.19. The number of piperidine rings is 1. The van der Waals surface area contributed by atoms with Gasteiger partial charge in [-0.25, -0.2) is 4.98 Å². The molecule has 0 unspecified atom stereocenters. The van der Waals surface area contributed by atoms with Crippen LogP contribution in [0.2, 0.25) is 10.0 Å². The van der Waals surface area contributed by atoms with Crippen molar-refractivity contribution in [1.82, 2.24) is 14.8 Å². The SMILES string of the molecule is CN1CCC(N(C)C(=O)c2coc(-c3ccc(Cl)c(Cl)c3)n2)CC1. The smallest absolute Gasteiger partial charge is 0.275 e. The van der Waals surface area contributed by atoms with Crippen LogP contribution in [-0.4, -0.2) is 53.9 Å². The monoisotopic (exact) mass is 367 g/mol. The van der Waals surface area contributed by atoms with E-state index in [0.29, 0.717) is 27.2 Å². The molecule has 24 heavy (non-hydrogen) atoms. The number of oxazole rings is 1. The largest absolute Gasteiger partial charge is 0.444 e. The summed E-state index contributed by atoms with van der Waals surface area (Å²) in [6.07, 6.45) is 3.33. The number of carbonyl (C=O) groups excluding carboxylic acids is 1. The standard InChI is InChI=1S/C17H19Cl2N3O2/c1-21-7-5-12(6-8-21)22(2)17(23)15-10-24-16(20-15)11-3-4-13(18)14(19)9-11/h3-4,9-10,12H,5-8H2,1-2H3. The highest BCUT2D eigenvalue weighted by Crippen LogP contribution is 2.28. The maximum absolute atomic E-state index is 12.6. The average molecular weight is 368 g/mol. The summed E-state index contributed by atoms with van der Waals surface area (Å²) in [6.45, 7) is 1.99. The van der Waals surface area contributed by atoms with Gasteiger partial charge in [0, 0.05) is 18.7 Å². The fourth-order valence-electron chi connectivity index (χ4n) is 2.86. The Morgan fingerprint density at radius 3 is 2.67 bits per heavy atom. The Morgan fingerprint density at radius 2 is 2.00 bits per heavy atom. The second kappa shape index (κ2) is 7.13. The van der Waals surface area contributed by atoms with Gasteiger partial charge in [0.05, 0.1) is 10.0 Å². The minimum atomic E-state index is -0.125. The molecule has 1 amide bonds. The van der Waals surface area contributed by atoms with Crippen molar-refractivity contribution < 1.29 is 9.21 Å². The number of rotatable bonds is 3. The van der Waals surface area contributed by atoms with Crippen molar-refractivity contribution in [2.75, 3.05) is 27.2 Å². The molecule has 1 aliphatic rings. The van der Waals surface area contributed by atoms with Gasteiger partial charge in [0.2, 0.25) is 5.89 Å². The van der Waals surface area contributed by atoms with Gasteiger partial charge in [-0.3, -0.25) is 4.79 Å². The van der Waals surface area contributed by atoms with E-state index in [2.05, 4.69) is 16.9 Å². The van der Waals surface area contributed by atoms with Crippen LogP contribution in [0.25, 0.3) is 11.5 Å².